The first-order valence-corrected chi connectivity index (χ1v) is 14.2. The number of carboxylic acid groups (broad SMARTS) is 1. The van der Waals surface area contributed by atoms with Crippen LogP contribution >= 0.6 is 0 Å². The van der Waals surface area contributed by atoms with Gasteiger partial charge in [0.2, 0.25) is 0 Å². The van der Waals surface area contributed by atoms with Crippen molar-refractivity contribution in [2.45, 2.75) is 46.7 Å². The number of aromatic amines is 1. The highest BCUT2D eigenvalue weighted by Gasteiger charge is 2.33. The first-order chi connectivity index (χ1) is 20.4. The Balaban J connectivity index is 1.56. The number of aromatic nitrogens is 5. The number of amides is 1. The van der Waals surface area contributed by atoms with Gasteiger partial charge in [0.25, 0.3) is 11.1 Å². The lowest BCUT2D eigenvalue weighted by atomic mass is 10.0. The maximum absolute atomic E-state index is 13.5. The molecule has 11 nitrogen and oxygen atoms in total. The number of nitrogens with one attached hydrogen (secondary N) is 1. The average Bonchev–Trinajstić information content (AvgIpc) is 3.53. The number of hydrogen-bond acceptors (Lipinski definition) is 5. The highest BCUT2D eigenvalue weighted by atomic mass is 16.5. The van der Waals surface area contributed by atoms with Gasteiger partial charge in [-0.05, 0) is 51.8 Å². The standard InChI is InChI=1S/C32H34N6O5/c1-17(2)38-15-24(20(5)34-38)26-10-23-25(14-35(6)31(40)29(23)33-26)22-11-28(39)37(21-12-36(13-21)32(41)42)16-27(22)43-30-18(3)8-7-9-19(30)4/h7-11,14-17,21,33H,12-13H2,1-6H3,(H,41,42). The summed E-state index contributed by atoms with van der Waals surface area (Å²) < 4.78 is 11.5. The number of fused-ring (bicyclic) bond motifs is 1. The Hall–Kier alpha value is -5.06. The van der Waals surface area contributed by atoms with Crippen molar-refractivity contribution in [3.63, 3.8) is 0 Å². The Labute approximate surface area is 247 Å². The lowest BCUT2D eigenvalue weighted by Gasteiger charge is -2.38. The molecular formula is C32H34N6O5. The van der Waals surface area contributed by atoms with Crippen molar-refractivity contribution in [2.75, 3.05) is 13.1 Å². The summed E-state index contributed by atoms with van der Waals surface area (Å²) in [6.45, 7) is 10.4. The van der Waals surface area contributed by atoms with Gasteiger partial charge < -0.3 is 28.9 Å². The fourth-order valence-electron chi connectivity index (χ4n) is 5.67. The van der Waals surface area contributed by atoms with Gasteiger partial charge in [0, 0.05) is 66.7 Å². The van der Waals surface area contributed by atoms with Gasteiger partial charge in [-0.2, -0.15) is 5.10 Å². The normalized spacial score (nSPS) is 13.6. The van der Waals surface area contributed by atoms with Gasteiger partial charge in [0.1, 0.15) is 11.3 Å². The third-order valence-electron chi connectivity index (χ3n) is 8.18. The molecule has 0 unspecified atom stereocenters. The second kappa shape index (κ2) is 10.3. The number of hydrogen-bond donors (Lipinski definition) is 2. The van der Waals surface area contributed by atoms with Crippen LogP contribution in [0.5, 0.6) is 11.5 Å². The smallest absolute Gasteiger partial charge is 0.407 e. The molecule has 4 aromatic heterocycles. The van der Waals surface area contributed by atoms with Crippen LogP contribution in [0.4, 0.5) is 4.79 Å². The number of benzene rings is 1. The van der Waals surface area contributed by atoms with Gasteiger partial charge in [-0.15, -0.1) is 0 Å². The van der Waals surface area contributed by atoms with E-state index in [0.717, 1.165) is 28.1 Å². The molecule has 222 valence electrons. The fourth-order valence-corrected chi connectivity index (χ4v) is 5.67. The van der Waals surface area contributed by atoms with E-state index in [9.17, 15) is 19.5 Å². The molecule has 1 amide bonds. The number of para-hydroxylation sites is 1. The second-order valence-electron chi connectivity index (χ2n) is 11.6. The van der Waals surface area contributed by atoms with Crippen molar-refractivity contribution >= 4 is 17.0 Å². The minimum absolute atomic E-state index is 0.176. The molecule has 6 rings (SSSR count). The largest absolute Gasteiger partial charge is 0.465 e. The van der Waals surface area contributed by atoms with Crippen molar-refractivity contribution in [1.29, 1.82) is 0 Å². The van der Waals surface area contributed by atoms with Gasteiger partial charge in [0.05, 0.1) is 23.6 Å². The summed E-state index contributed by atoms with van der Waals surface area (Å²) in [6.07, 6.45) is 4.33. The number of pyridine rings is 2. The summed E-state index contributed by atoms with van der Waals surface area (Å²) in [7, 11) is 1.68. The molecule has 0 saturated carbocycles. The molecule has 43 heavy (non-hydrogen) atoms. The van der Waals surface area contributed by atoms with Gasteiger partial charge in [-0.3, -0.25) is 14.3 Å². The molecular weight excluding hydrogens is 548 g/mol. The van der Waals surface area contributed by atoms with Crippen LogP contribution in [0.1, 0.15) is 42.8 Å². The highest BCUT2D eigenvalue weighted by molar-refractivity contribution is 5.98. The van der Waals surface area contributed by atoms with Crippen LogP contribution in [0.25, 0.3) is 33.3 Å². The summed E-state index contributed by atoms with van der Waals surface area (Å²) >= 11 is 0. The number of carbonyl (C=O) groups is 1. The quantitative estimate of drug-likeness (QED) is 0.276. The highest BCUT2D eigenvalue weighted by Crippen LogP contribution is 2.39. The van der Waals surface area contributed by atoms with Crippen molar-refractivity contribution in [2.24, 2.45) is 7.05 Å². The van der Waals surface area contributed by atoms with Crippen LogP contribution in [-0.2, 0) is 7.05 Å². The van der Waals surface area contributed by atoms with E-state index in [-0.39, 0.29) is 36.3 Å². The maximum Gasteiger partial charge on any atom is 0.407 e. The molecule has 5 aromatic rings. The summed E-state index contributed by atoms with van der Waals surface area (Å²) in [5.41, 5.74) is 5.41. The molecule has 2 N–H and O–H groups in total. The first kappa shape index (κ1) is 28.1. The molecule has 0 aliphatic carbocycles. The Morgan fingerprint density at radius 3 is 2.35 bits per heavy atom. The number of rotatable bonds is 6. The van der Waals surface area contributed by atoms with Crippen molar-refractivity contribution < 1.29 is 14.6 Å². The van der Waals surface area contributed by atoms with E-state index in [1.54, 1.807) is 19.4 Å². The van der Waals surface area contributed by atoms with E-state index in [1.807, 2.05) is 55.9 Å². The molecule has 1 fully saturated rings. The lowest BCUT2D eigenvalue weighted by molar-refractivity contribution is 0.0842. The molecule has 11 heteroatoms. The molecule has 0 spiro atoms. The third-order valence-corrected chi connectivity index (χ3v) is 8.18. The Kier molecular flexibility index (Phi) is 6.75. The maximum atomic E-state index is 13.5. The van der Waals surface area contributed by atoms with Crippen LogP contribution in [0.15, 0.2) is 58.5 Å². The minimum Gasteiger partial charge on any atom is -0.465 e. The predicted molar refractivity (Wildman–Crippen MR) is 164 cm³/mol. The van der Waals surface area contributed by atoms with Crippen LogP contribution < -0.4 is 15.9 Å². The first-order valence-electron chi connectivity index (χ1n) is 14.2. The summed E-state index contributed by atoms with van der Waals surface area (Å²) in [5, 5.41) is 14.6. The molecule has 5 heterocycles. The van der Waals surface area contributed by atoms with Gasteiger partial charge in [-0.25, -0.2) is 4.79 Å². The number of H-pyrrole nitrogens is 1. The predicted octanol–water partition coefficient (Wildman–Crippen LogP) is 5.39. The SMILES string of the molecule is Cc1cccc(C)c1Oc1cn(C2CN(C(=O)O)C2)c(=O)cc1-c1cn(C)c(=O)c2[nH]c(-c3cn(C(C)C)nc3C)cc12. The van der Waals surface area contributed by atoms with Crippen LogP contribution in [0.3, 0.4) is 0 Å². The Bertz CT molecular complexity index is 2000. The molecule has 0 bridgehead atoms. The van der Waals surface area contributed by atoms with Crippen LogP contribution in [0.2, 0.25) is 0 Å². The zero-order chi connectivity index (χ0) is 30.7. The molecule has 0 atom stereocenters. The molecule has 1 aromatic carbocycles. The summed E-state index contributed by atoms with van der Waals surface area (Å²) in [6, 6.07) is 9.17. The van der Waals surface area contributed by atoms with Crippen LogP contribution in [0, 0.1) is 20.8 Å². The summed E-state index contributed by atoms with van der Waals surface area (Å²) in [5.74, 6) is 1.10. The molecule has 1 saturated heterocycles. The second-order valence-corrected chi connectivity index (χ2v) is 11.6. The van der Waals surface area contributed by atoms with Gasteiger partial charge in [0.15, 0.2) is 5.75 Å². The van der Waals surface area contributed by atoms with E-state index in [1.165, 1.54) is 20.1 Å². The van der Waals surface area contributed by atoms with E-state index >= 15 is 0 Å². The van der Waals surface area contributed by atoms with E-state index < -0.39 is 6.09 Å². The van der Waals surface area contributed by atoms with Crippen molar-refractivity contribution in [3.8, 4) is 33.9 Å². The number of nitrogens with zero attached hydrogens (tertiary/aromatic N) is 5. The van der Waals surface area contributed by atoms with Crippen molar-refractivity contribution in [1.82, 2.24) is 28.8 Å². The topological polar surface area (TPSA) is 127 Å². The number of aryl methyl sites for hydroxylation is 4. The zero-order valence-corrected chi connectivity index (χ0v) is 25.0. The van der Waals surface area contributed by atoms with E-state index in [2.05, 4.69) is 23.9 Å². The molecule has 1 aliphatic rings. The monoisotopic (exact) mass is 582 g/mol. The van der Waals surface area contributed by atoms with Gasteiger partial charge >= 0.3 is 6.09 Å². The third kappa shape index (κ3) is 4.80. The average molecular weight is 583 g/mol. The van der Waals surface area contributed by atoms with E-state index in [0.29, 0.717) is 33.5 Å². The van der Waals surface area contributed by atoms with Crippen LogP contribution in [-0.4, -0.2) is 53.1 Å². The van der Waals surface area contributed by atoms with Crippen molar-refractivity contribution in [3.05, 3.63) is 86.5 Å². The lowest BCUT2D eigenvalue weighted by Crippen LogP contribution is -2.52. The zero-order valence-electron chi connectivity index (χ0n) is 25.0. The van der Waals surface area contributed by atoms with Gasteiger partial charge in [-0.1, -0.05) is 18.2 Å². The van der Waals surface area contributed by atoms with E-state index in [4.69, 9.17) is 4.74 Å². The molecule has 1 aliphatic heterocycles. The number of ether oxygens (including phenoxy) is 1. The fraction of sp³-hybridized carbons (Fsp3) is 0.312. The molecule has 0 radical (unpaired) electrons. The number of likely N-dealkylation sites (tertiary alicyclic amines) is 1. The Morgan fingerprint density at radius 1 is 1.02 bits per heavy atom. The summed E-state index contributed by atoms with van der Waals surface area (Å²) in [4.78, 5) is 42.8. The minimum atomic E-state index is -1.02. The Morgan fingerprint density at radius 2 is 1.72 bits per heavy atom.